The van der Waals surface area contributed by atoms with E-state index in [2.05, 4.69) is 22.4 Å². The Hall–Kier alpha value is -0.850. The molecule has 0 amide bonds. The first-order valence-corrected chi connectivity index (χ1v) is 8.60. The average Bonchev–Trinajstić information content (AvgIpc) is 3.14. The van der Waals surface area contributed by atoms with E-state index in [1.54, 1.807) is 11.3 Å². The van der Waals surface area contributed by atoms with Gasteiger partial charge in [0.1, 0.15) is 0 Å². The van der Waals surface area contributed by atoms with Crippen LogP contribution in [0, 0.1) is 0 Å². The standard InChI is InChI=1S/C13H17N3OS2/c1-2-5-14-10-8-18-7-9(10)13-15-12(16-17-13)11-4-3-6-19-11/h3-4,6,9-10,14H,2,5,7-8H2,1H3. The lowest BCUT2D eigenvalue weighted by Gasteiger charge is -2.16. The molecule has 6 heteroatoms. The maximum absolute atomic E-state index is 5.47. The lowest BCUT2D eigenvalue weighted by Crippen LogP contribution is -2.34. The molecule has 0 bridgehead atoms. The molecule has 102 valence electrons. The van der Waals surface area contributed by atoms with Crippen molar-refractivity contribution in [1.82, 2.24) is 15.5 Å². The van der Waals surface area contributed by atoms with Crippen molar-refractivity contribution in [3.8, 4) is 10.7 Å². The molecule has 3 heterocycles. The number of nitrogens with zero attached hydrogens (tertiary/aromatic N) is 2. The summed E-state index contributed by atoms with van der Waals surface area (Å²) in [5.74, 6) is 4.03. The molecule has 1 aliphatic heterocycles. The van der Waals surface area contributed by atoms with E-state index in [4.69, 9.17) is 4.52 Å². The quantitative estimate of drug-likeness (QED) is 0.919. The van der Waals surface area contributed by atoms with E-state index in [0.29, 0.717) is 12.0 Å². The minimum Gasteiger partial charge on any atom is -0.339 e. The summed E-state index contributed by atoms with van der Waals surface area (Å²) in [5, 5.41) is 9.71. The van der Waals surface area contributed by atoms with Gasteiger partial charge in [0.05, 0.1) is 10.8 Å². The summed E-state index contributed by atoms with van der Waals surface area (Å²) in [5.41, 5.74) is 0. The fraction of sp³-hybridized carbons (Fsp3) is 0.538. The van der Waals surface area contributed by atoms with Gasteiger partial charge in [0.2, 0.25) is 11.7 Å². The van der Waals surface area contributed by atoms with Crippen LogP contribution >= 0.6 is 23.1 Å². The number of thioether (sulfide) groups is 1. The summed E-state index contributed by atoms with van der Waals surface area (Å²) in [7, 11) is 0. The predicted molar refractivity (Wildman–Crippen MR) is 79.8 cm³/mol. The zero-order chi connectivity index (χ0) is 13.1. The van der Waals surface area contributed by atoms with Crippen molar-refractivity contribution in [1.29, 1.82) is 0 Å². The van der Waals surface area contributed by atoms with Crippen molar-refractivity contribution in [3.05, 3.63) is 23.4 Å². The summed E-state index contributed by atoms with van der Waals surface area (Å²) < 4.78 is 5.47. The van der Waals surface area contributed by atoms with Crippen molar-refractivity contribution in [3.63, 3.8) is 0 Å². The second kappa shape index (κ2) is 6.07. The molecule has 0 spiro atoms. The number of rotatable bonds is 5. The number of hydrogen-bond acceptors (Lipinski definition) is 6. The Morgan fingerprint density at radius 2 is 2.42 bits per heavy atom. The first-order valence-electron chi connectivity index (χ1n) is 6.57. The van der Waals surface area contributed by atoms with Crippen molar-refractivity contribution >= 4 is 23.1 Å². The number of hydrogen-bond donors (Lipinski definition) is 1. The molecule has 1 aliphatic rings. The van der Waals surface area contributed by atoms with Crippen molar-refractivity contribution in [2.45, 2.75) is 25.3 Å². The normalized spacial score (nSPS) is 23.0. The maximum Gasteiger partial charge on any atom is 0.232 e. The monoisotopic (exact) mass is 295 g/mol. The lowest BCUT2D eigenvalue weighted by molar-refractivity contribution is 0.339. The highest BCUT2D eigenvalue weighted by atomic mass is 32.2. The Bertz CT molecular complexity index is 512. The Morgan fingerprint density at radius 1 is 1.47 bits per heavy atom. The molecule has 0 aliphatic carbocycles. The van der Waals surface area contributed by atoms with E-state index in [1.165, 1.54) is 0 Å². The van der Waals surface area contributed by atoms with Crippen molar-refractivity contribution < 1.29 is 4.52 Å². The van der Waals surface area contributed by atoms with Crippen LogP contribution in [-0.2, 0) is 0 Å². The van der Waals surface area contributed by atoms with Gasteiger partial charge < -0.3 is 9.84 Å². The Balaban J connectivity index is 1.75. The van der Waals surface area contributed by atoms with Gasteiger partial charge in [0, 0.05) is 17.5 Å². The largest absolute Gasteiger partial charge is 0.339 e. The van der Waals surface area contributed by atoms with E-state index in [1.807, 2.05) is 29.3 Å². The summed E-state index contributed by atoms with van der Waals surface area (Å²) in [6, 6.07) is 4.49. The molecule has 2 aromatic rings. The number of nitrogens with one attached hydrogen (secondary N) is 1. The molecule has 2 unspecified atom stereocenters. The average molecular weight is 295 g/mol. The molecule has 3 rings (SSSR count). The highest BCUT2D eigenvalue weighted by Gasteiger charge is 2.33. The van der Waals surface area contributed by atoms with E-state index in [0.717, 1.165) is 41.1 Å². The molecule has 0 radical (unpaired) electrons. The van der Waals surface area contributed by atoms with Gasteiger partial charge in [0.25, 0.3) is 0 Å². The smallest absolute Gasteiger partial charge is 0.232 e. The van der Waals surface area contributed by atoms with Crippen LogP contribution in [0.5, 0.6) is 0 Å². The minimum atomic E-state index is 0.345. The van der Waals surface area contributed by atoms with Gasteiger partial charge >= 0.3 is 0 Å². The first-order chi connectivity index (χ1) is 9.38. The molecule has 1 N–H and O–H groups in total. The Kier molecular flexibility index (Phi) is 4.20. The summed E-state index contributed by atoms with van der Waals surface area (Å²) in [6.45, 7) is 3.24. The van der Waals surface area contributed by atoms with Crippen LogP contribution in [0.15, 0.2) is 22.0 Å². The molecule has 0 aromatic carbocycles. The van der Waals surface area contributed by atoms with E-state index >= 15 is 0 Å². The molecule has 1 fully saturated rings. The molecule has 0 saturated carbocycles. The molecule has 19 heavy (non-hydrogen) atoms. The maximum atomic E-state index is 5.47. The third-order valence-corrected chi connectivity index (χ3v) is 5.29. The molecule has 2 aromatic heterocycles. The van der Waals surface area contributed by atoms with Crippen LogP contribution in [0.1, 0.15) is 25.2 Å². The van der Waals surface area contributed by atoms with E-state index in [9.17, 15) is 0 Å². The van der Waals surface area contributed by atoms with Gasteiger partial charge in [-0.05, 0) is 24.4 Å². The SMILES string of the molecule is CCCNC1CSCC1c1nc(-c2cccs2)no1. The molecule has 1 saturated heterocycles. The minimum absolute atomic E-state index is 0.345. The zero-order valence-corrected chi connectivity index (χ0v) is 12.5. The van der Waals surface area contributed by atoms with Crippen LogP contribution < -0.4 is 5.32 Å². The highest BCUT2D eigenvalue weighted by molar-refractivity contribution is 7.99. The van der Waals surface area contributed by atoms with Gasteiger partial charge in [-0.2, -0.15) is 16.7 Å². The second-order valence-corrected chi connectivity index (χ2v) is 6.66. The first kappa shape index (κ1) is 13.1. The third-order valence-electron chi connectivity index (χ3n) is 3.24. The second-order valence-electron chi connectivity index (χ2n) is 4.64. The fourth-order valence-corrected chi connectivity index (χ4v) is 4.24. The topological polar surface area (TPSA) is 51.0 Å². The van der Waals surface area contributed by atoms with E-state index < -0.39 is 0 Å². The van der Waals surface area contributed by atoms with Crippen LogP contribution in [0.3, 0.4) is 0 Å². The van der Waals surface area contributed by atoms with Crippen LogP contribution in [0.25, 0.3) is 10.7 Å². The summed E-state index contributed by atoms with van der Waals surface area (Å²) >= 11 is 3.60. The number of aromatic nitrogens is 2. The van der Waals surface area contributed by atoms with Crippen LogP contribution in [0.2, 0.25) is 0 Å². The lowest BCUT2D eigenvalue weighted by atomic mass is 10.0. The van der Waals surface area contributed by atoms with E-state index in [-0.39, 0.29) is 0 Å². The predicted octanol–water partition coefficient (Wildman–Crippen LogP) is 3.00. The van der Waals surface area contributed by atoms with Gasteiger partial charge in [-0.1, -0.05) is 18.1 Å². The molecular formula is C13H17N3OS2. The zero-order valence-electron chi connectivity index (χ0n) is 10.8. The van der Waals surface area contributed by atoms with Gasteiger partial charge in [-0.3, -0.25) is 0 Å². The molecule has 2 atom stereocenters. The van der Waals surface area contributed by atoms with Crippen molar-refractivity contribution in [2.24, 2.45) is 0 Å². The third kappa shape index (κ3) is 2.85. The highest BCUT2D eigenvalue weighted by Crippen LogP contribution is 2.33. The van der Waals surface area contributed by atoms with Crippen LogP contribution in [-0.4, -0.2) is 34.2 Å². The fourth-order valence-electron chi connectivity index (χ4n) is 2.22. The summed E-state index contributed by atoms with van der Waals surface area (Å²) in [6.07, 6.45) is 1.15. The Morgan fingerprint density at radius 3 is 3.21 bits per heavy atom. The van der Waals surface area contributed by atoms with Crippen molar-refractivity contribution in [2.75, 3.05) is 18.1 Å². The van der Waals surface area contributed by atoms with Gasteiger partial charge in [-0.25, -0.2) is 0 Å². The Labute approximate surface area is 121 Å². The van der Waals surface area contributed by atoms with Gasteiger partial charge in [-0.15, -0.1) is 11.3 Å². The summed E-state index contributed by atoms with van der Waals surface area (Å²) in [4.78, 5) is 5.64. The van der Waals surface area contributed by atoms with Crippen LogP contribution in [0.4, 0.5) is 0 Å². The van der Waals surface area contributed by atoms with Gasteiger partial charge in [0.15, 0.2) is 0 Å². The molecular weight excluding hydrogens is 278 g/mol. The molecule has 4 nitrogen and oxygen atoms in total. The number of thiophene rings is 1.